The second-order valence-corrected chi connectivity index (χ2v) is 11.2. The first kappa shape index (κ1) is 22.8. The molecule has 32 heavy (non-hydrogen) atoms. The van der Waals surface area contributed by atoms with Crippen molar-refractivity contribution in [3.8, 4) is 0 Å². The SMILES string of the molecule is Cc1cc(Cl)ccc1NC(=O)CN1C(=O)C(C)(C)c2cc(S(=O)(=O)N3CCCC3)ccc21. The van der Waals surface area contributed by atoms with Gasteiger partial charge in [-0.15, -0.1) is 0 Å². The molecular formula is C23H26ClN3O4S. The Morgan fingerprint density at radius 1 is 1.12 bits per heavy atom. The van der Waals surface area contributed by atoms with E-state index in [0.717, 1.165) is 18.4 Å². The molecule has 0 radical (unpaired) electrons. The lowest BCUT2D eigenvalue weighted by molar-refractivity contribution is -0.124. The molecule has 170 valence electrons. The van der Waals surface area contributed by atoms with Gasteiger partial charge < -0.3 is 10.2 Å². The third-order valence-electron chi connectivity index (χ3n) is 6.18. The summed E-state index contributed by atoms with van der Waals surface area (Å²) in [6.45, 7) is 6.19. The highest BCUT2D eigenvalue weighted by Gasteiger charge is 2.45. The highest BCUT2D eigenvalue weighted by atomic mass is 35.5. The van der Waals surface area contributed by atoms with Gasteiger partial charge in [-0.3, -0.25) is 9.59 Å². The predicted molar refractivity (Wildman–Crippen MR) is 125 cm³/mol. The first-order valence-electron chi connectivity index (χ1n) is 10.5. The number of aryl methyl sites for hydroxylation is 1. The Balaban J connectivity index is 1.61. The number of halogens is 1. The first-order valence-corrected chi connectivity index (χ1v) is 12.4. The molecule has 2 aliphatic heterocycles. The van der Waals surface area contributed by atoms with E-state index in [1.54, 1.807) is 44.2 Å². The van der Waals surface area contributed by atoms with Gasteiger partial charge in [0.1, 0.15) is 6.54 Å². The molecule has 2 aromatic rings. The number of nitrogens with zero attached hydrogens (tertiary/aromatic N) is 2. The molecule has 2 heterocycles. The van der Waals surface area contributed by atoms with Crippen molar-refractivity contribution in [1.82, 2.24) is 4.31 Å². The molecule has 0 aliphatic carbocycles. The zero-order chi connectivity index (χ0) is 23.3. The van der Waals surface area contributed by atoms with Crippen LogP contribution in [0.1, 0.15) is 37.8 Å². The Kier molecular flexibility index (Phi) is 5.81. The van der Waals surface area contributed by atoms with Crippen molar-refractivity contribution in [2.75, 3.05) is 29.9 Å². The van der Waals surface area contributed by atoms with Crippen molar-refractivity contribution in [2.45, 2.75) is 43.9 Å². The van der Waals surface area contributed by atoms with Crippen LogP contribution in [0.25, 0.3) is 0 Å². The number of nitrogens with one attached hydrogen (secondary N) is 1. The fourth-order valence-electron chi connectivity index (χ4n) is 4.31. The summed E-state index contributed by atoms with van der Waals surface area (Å²) in [7, 11) is -3.60. The van der Waals surface area contributed by atoms with Crippen LogP contribution in [-0.2, 0) is 25.0 Å². The maximum absolute atomic E-state index is 13.2. The fourth-order valence-corrected chi connectivity index (χ4v) is 6.08. The Labute approximate surface area is 193 Å². The van der Waals surface area contributed by atoms with Crippen molar-refractivity contribution < 1.29 is 18.0 Å². The average Bonchev–Trinajstić information content (AvgIpc) is 3.34. The number of carbonyl (C=O) groups is 2. The molecule has 0 atom stereocenters. The molecule has 0 unspecified atom stereocenters. The van der Waals surface area contributed by atoms with Gasteiger partial charge in [0.15, 0.2) is 0 Å². The molecule has 9 heteroatoms. The minimum absolute atomic E-state index is 0.171. The van der Waals surface area contributed by atoms with Crippen LogP contribution in [-0.4, -0.2) is 44.2 Å². The van der Waals surface area contributed by atoms with E-state index < -0.39 is 15.4 Å². The van der Waals surface area contributed by atoms with Gasteiger partial charge in [-0.2, -0.15) is 4.31 Å². The number of amides is 2. The number of rotatable bonds is 5. The Bertz CT molecular complexity index is 1200. The lowest BCUT2D eigenvalue weighted by Gasteiger charge is -2.20. The summed E-state index contributed by atoms with van der Waals surface area (Å²) in [4.78, 5) is 27.5. The predicted octanol–water partition coefficient (Wildman–Crippen LogP) is 3.70. The number of benzene rings is 2. The van der Waals surface area contributed by atoms with Gasteiger partial charge in [0, 0.05) is 29.5 Å². The maximum Gasteiger partial charge on any atom is 0.244 e. The molecule has 0 aromatic heterocycles. The smallest absolute Gasteiger partial charge is 0.244 e. The summed E-state index contributed by atoms with van der Waals surface area (Å²) in [5, 5.41) is 3.40. The molecule has 2 aliphatic rings. The normalized spacial score (nSPS) is 18.1. The molecule has 4 rings (SSSR count). The third-order valence-corrected chi connectivity index (χ3v) is 8.31. The Morgan fingerprint density at radius 2 is 1.81 bits per heavy atom. The second-order valence-electron chi connectivity index (χ2n) is 8.81. The van der Waals surface area contributed by atoms with E-state index in [4.69, 9.17) is 11.6 Å². The summed E-state index contributed by atoms with van der Waals surface area (Å²) in [6, 6.07) is 9.89. The summed E-state index contributed by atoms with van der Waals surface area (Å²) >= 11 is 5.97. The minimum atomic E-state index is -3.60. The van der Waals surface area contributed by atoms with E-state index in [1.165, 1.54) is 15.3 Å². The maximum atomic E-state index is 13.2. The molecule has 2 amide bonds. The van der Waals surface area contributed by atoms with Crippen molar-refractivity contribution in [3.63, 3.8) is 0 Å². The molecule has 0 spiro atoms. The largest absolute Gasteiger partial charge is 0.324 e. The molecule has 2 aromatic carbocycles. The van der Waals surface area contributed by atoms with Gasteiger partial charge in [-0.25, -0.2) is 8.42 Å². The molecule has 7 nitrogen and oxygen atoms in total. The number of hydrogen-bond acceptors (Lipinski definition) is 4. The quantitative estimate of drug-likeness (QED) is 0.714. The number of carbonyl (C=O) groups excluding carboxylic acids is 2. The molecule has 0 bridgehead atoms. The monoisotopic (exact) mass is 475 g/mol. The summed E-state index contributed by atoms with van der Waals surface area (Å²) < 4.78 is 27.5. The minimum Gasteiger partial charge on any atom is -0.324 e. The van der Waals surface area contributed by atoms with Crippen LogP contribution >= 0.6 is 11.6 Å². The van der Waals surface area contributed by atoms with E-state index in [2.05, 4.69) is 5.32 Å². The fraction of sp³-hybridized carbons (Fsp3) is 0.391. The molecular weight excluding hydrogens is 450 g/mol. The average molecular weight is 476 g/mol. The lowest BCUT2D eigenvalue weighted by atomic mass is 9.86. The van der Waals surface area contributed by atoms with Crippen molar-refractivity contribution in [2.24, 2.45) is 0 Å². The van der Waals surface area contributed by atoms with Gasteiger partial charge in [0.2, 0.25) is 21.8 Å². The topological polar surface area (TPSA) is 86.8 Å². The Hall–Kier alpha value is -2.42. The van der Waals surface area contributed by atoms with Crippen LogP contribution in [0.2, 0.25) is 5.02 Å². The highest BCUT2D eigenvalue weighted by Crippen LogP contribution is 2.43. The Morgan fingerprint density at radius 3 is 2.47 bits per heavy atom. The number of hydrogen-bond donors (Lipinski definition) is 1. The summed E-state index contributed by atoms with van der Waals surface area (Å²) in [5.74, 6) is -0.590. The van der Waals surface area contributed by atoms with Crippen LogP contribution in [0.4, 0.5) is 11.4 Å². The van der Waals surface area contributed by atoms with Crippen LogP contribution in [0.5, 0.6) is 0 Å². The molecule has 1 N–H and O–H groups in total. The van der Waals surface area contributed by atoms with Crippen LogP contribution in [0.3, 0.4) is 0 Å². The van der Waals surface area contributed by atoms with Crippen molar-refractivity contribution in [3.05, 3.63) is 52.5 Å². The zero-order valence-corrected chi connectivity index (χ0v) is 19.9. The van der Waals surface area contributed by atoms with E-state index in [-0.39, 0.29) is 23.3 Å². The molecule has 0 saturated carbocycles. The van der Waals surface area contributed by atoms with Crippen LogP contribution in [0.15, 0.2) is 41.3 Å². The number of anilines is 2. The molecule has 1 saturated heterocycles. The number of fused-ring (bicyclic) bond motifs is 1. The van der Waals surface area contributed by atoms with E-state index in [1.807, 2.05) is 6.92 Å². The first-order chi connectivity index (χ1) is 15.0. The van der Waals surface area contributed by atoms with Gasteiger partial charge in [0.25, 0.3) is 0 Å². The third kappa shape index (κ3) is 3.91. The lowest BCUT2D eigenvalue weighted by Crippen LogP contribution is -2.40. The van der Waals surface area contributed by atoms with Gasteiger partial charge in [-0.05, 0) is 81.1 Å². The zero-order valence-electron chi connectivity index (χ0n) is 18.3. The number of sulfonamides is 1. The van der Waals surface area contributed by atoms with Gasteiger partial charge in [-0.1, -0.05) is 11.6 Å². The standard InChI is InChI=1S/C23H26ClN3O4S/c1-15-12-16(24)6-8-19(15)25-21(28)14-27-20-9-7-17(13-18(20)23(2,3)22(27)29)32(30,31)26-10-4-5-11-26/h6-9,12-13H,4-5,10-11,14H2,1-3H3,(H,25,28). The van der Waals surface area contributed by atoms with Crippen molar-refractivity contribution in [1.29, 1.82) is 0 Å². The summed E-state index contributed by atoms with van der Waals surface area (Å²) in [5.41, 5.74) is 1.66. The highest BCUT2D eigenvalue weighted by molar-refractivity contribution is 7.89. The van der Waals surface area contributed by atoms with E-state index in [9.17, 15) is 18.0 Å². The van der Waals surface area contributed by atoms with Gasteiger partial charge in [0.05, 0.1) is 10.3 Å². The summed E-state index contributed by atoms with van der Waals surface area (Å²) in [6.07, 6.45) is 1.70. The van der Waals surface area contributed by atoms with Crippen LogP contribution in [0, 0.1) is 6.92 Å². The second kappa shape index (κ2) is 8.17. The van der Waals surface area contributed by atoms with Gasteiger partial charge >= 0.3 is 0 Å². The van der Waals surface area contributed by atoms with E-state index in [0.29, 0.717) is 35.1 Å². The molecule has 1 fully saturated rings. The van der Waals surface area contributed by atoms with Crippen molar-refractivity contribution >= 4 is 44.8 Å². The van der Waals surface area contributed by atoms with Crippen LogP contribution < -0.4 is 10.2 Å². The van der Waals surface area contributed by atoms with E-state index >= 15 is 0 Å².